The molecule has 1 aromatic heterocycles. The number of aryl methyl sites for hydroxylation is 1. The molecular formula is C20H19Cl2N3O. The van der Waals surface area contributed by atoms with E-state index in [0.29, 0.717) is 22.3 Å². The third-order valence-corrected chi connectivity index (χ3v) is 6.00. The average Bonchev–Trinajstić information content (AvgIpc) is 3.25. The van der Waals surface area contributed by atoms with E-state index in [2.05, 4.69) is 22.8 Å². The summed E-state index contributed by atoms with van der Waals surface area (Å²) in [5, 5.41) is 8.37. The summed E-state index contributed by atoms with van der Waals surface area (Å²) in [6.07, 6.45) is 0.847. The molecule has 0 bridgehead atoms. The lowest BCUT2D eigenvalue weighted by molar-refractivity contribution is 0.0896. The Bertz CT molecular complexity index is 976. The maximum atomic E-state index is 13.1. The highest BCUT2D eigenvalue weighted by atomic mass is 35.5. The lowest BCUT2D eigenvalue weighted by Crippen LogP contribution is -2.47. The van der Waals surface area contributed by atoms with Gasteiger partial charge in [-0.2, -0.15) is 0 Å². The first-order chi connectivity index (χ1) is 12.5. The van der Waals surface area contributed by atoms with E-state index >= 15 is 0 Å². The zero-order valence-corrected chi connectivity index (χ0v) is 15.9. The van der Waals surface area contributed by atoms with Crippen molar-refractivity contribution >= 4 is 40.0 Å². The van der Waals surface area contributed by atoms with Crippen LogP contribution in [0.4, 0.5) is 0 Å². The summed E-state index contributed by atoms with van der Waals surface area (Å²) in [5.41, 5.74) is 2.14. The van der Waals surface area contributed by atoms with Crippen LogP contribution in [0.1, 0.15) is 22.5 Å². The van der Waals surface area contributed by atoms with Crippen molar-refractivity contribution in [2.45, 2.75) is 12.0 Å². The summed E-state index contributed by atoms with van der Waals surface area (Å²) < 4.78 is 1.86. The lowest BCUT2D eigenvalue weighted by atomic mass is 9.89. The Hall–Kier alpha value is -2.01. The highest BCUT2D eigenvalue weighted by Gasteiger charge is 2.37. The summed E-state index contributed by atoms with van der Waals surface area (Å²) in [6.45, 7) is 1.57. The average molecular weight is 388 g/mol. The second-order valence-electron chi connectivity index (χ2n) is 6.71. The smallest absolute Gasteiger partial charge is 0.268 e. The zero-order chi connectivity index (χ0) is 18.3. The molecule has 1 atom stereocenters. The van der Waals surface area contributed by atoms with Gasteiger partial charge in [-0.15, -0.1) is 0 Å². The summed E-state index contributed by atoms with van der Waals surface area (Å²) in [6, 6.07) is 15.5. The number of nitrogens with zero attached hydrogens (tertiary/aromatic N) is 1. The predicted molar refractivity (Wildman–Crippen MR) is 106 cm³/mol. The second kappa shape index (κ2) is 6.62. The van der Waals surface area contributed by atoms with E-state index in [1.165, 1.54) is 0 Å². The third kappa shape index (κ3) is 2.78. The molecule has 26 heavy (non-hydrogen) atoms. The number of aromatic nitrogens is 1. The summed E-state index contributed by atoms with van der Waals surface area (Å²) in [4.78, 5) is 13.1. The van der Waals surface area contributed by atoms with Crippen LogP contribution in [0.3, 0.4) is 0 Å². The molecule has 0 spiro atoms. The number of fused-ring (bicyclic) bond motifs is 1. The molecule has 2 N–H and O–H groups in total. The first kappa shape index (κ1) is 17.4. The maximum Gasteiger partial charge on any atom is 0.268 e. The fraction of sp³-hybridized carbons (Fsp3) is 0.250. The van der Waals surface area contributed by atoms with Crippen molar-refractivity contribution in [1.82, 2.24) is 15.2 Å². The Morgan fingerprint density at radius 2 is 1.96 bits per heavy atom. The van der Waals surface area contributed by atoms with Crippen molar-refractivity contribution in [1.29, 1.82) is 0 Å². The van der Waals surface area contributed by atoms with Crippen LogP contribution in [0.2, 0.25) is 10.0 Å². The Morgan fingerprint density at radius 3 is 2.65 bits per heavy atom. The third-order valence-electron chi connectivity index (χ3n) is 5.18. The topological polar surface area (TPSA) is 46.1 Å². The Kier molecular flexibility index (Phi) is 4.43. The van der Waals surface area contributed by atoms with Gasteiger partial charge in [0.25, 0.3) is 5.91 Å². The molecule has 0 aliphatic carbocycles. The quantitative estimate of drug-likeness (QED) is 0.710. The van der Waals surface area contributed by atoms with Crippen molar-refractivity contribution in [2.24, 2.45) is 7.05 Å². The van der Waals surface area contributed by atoms with E-state index in [9.17, 15) is 4.79 Å². The molecule has 1 aliphatic rings. The summed E-state index contributed by atoms with van der Waals surface area (Å²) >= 11 is 12.4. The van der Waals surface area contributed by atoms with Crippen LogP contribution in [-0.2, 0) is 12.6 Å². The van der Waals surface area contributed by atoms with Crippen LogP contribution in [0.5, 0.6) is 0 Å². The van der Waals surface area contributed by atoms with Gasteiger partial charge in [0.2, 0.25) is 0 Å². The first-order valence-electron chi connectivity index (χ1n) is 8.54. The number of rotatable bonds is 3. The van der Waals surface area contributed by atoms with Crippen molar-refractivity contribution in [3.8, 4) is 0 Å². The van der Waals surface area contributed by atoms with Crippen LogP contribution in [0.15, 0.2) is 48.5 Å². The van der Waals surface area contributed by atoms with E-state index in [4.69, 9.17) is 23.2 Å². The van der Waals surface area contributed by atoms with Crippen LogP contribution in [0.25, 0.3) is 10.9 Å². The summed E-state index contributed by atoms with van der Waals surface area (Å²) in [7, 11) is 1.86. The molecule has 1 saturated heterocycles. The molecule has 1 unspecified atom stereocenters. The monoisotopic (exact) mass is 387 g/mol. The first-order valence-corrected chi connectivity index (χ1v) is 9.30. The summed E-state index contributed by atoms with van der Waals surface area (Å²) in [5.74, 6) is -0.122. The minimum Gasteiger partial charge on any atom is -0.340 e. The number of amides is 1. The molecule has 1 fully saturated rings. The standard InChI is InChI=1S/C20H19Cl2N3O/c1-25-16-8-7-15(21)18(22)14(16)11-17(25)19(26)24-20(9-10-23-12-20)13-5-3-2-4-6-13/h2-8,11,23H,9-10,12H2,1H3,(H,24,26). The molecule has 6 heteroatoms. The van der Waals surface area contributed by atoms with Gasteiger partial charge in [0, 0.05) is 24.5 Å². The largest absolute Gasteiger partial charge is 0.340 e. The molecule has 2 heterocycles. The number of halogens is 2. The number of hydrogen-bond donors (Lipinski definition) is 2. The number of benzene rings is 2. The Labute approximate surface area is 162 Å². The van der Waals surface area contributed by atoms with E-state index in [1.807, 2.05) is 35.9 Å². The van der Waals surface area contributed by atoms with E-state index < -0.39 is 5.54 Å². The Morgan fingerprint density at radius 1 is 1.19 bits per heavy atom. The minimum absolute atomic E-state index is 0.122. The molecule has 1 amide bonds. The molecule has 4 rings (SSSR count). The van der Waals surface area contributed by atoms with Crippen molar-refractivity contribution in [2.75, 3.05) is 13.1 Å². The van der Waals surface area contributed by atoms with E-state index in [1.54, 1.807) is 12.1 Å². The van der Waals surface area contributed by atoms with Crippen LogP contribution >= 0.6 is 23.2 Å². The van der Waals surface area contributed by atoms with Crippen LogP contribution < -0.4 is 10.6 Å². The van der Waals surface area contributed by atoms with E-state index in [-0.39, 0.29) is 5.91 Å². The van der Waals surface area contributed by atoms with Gasteiger partial charge in [-0.1, -0.05) is 53.5 Å². The number of hydrogen-bond acceptors (Lipinski definition) is 2. The van der Waals surface area contributed by atoms with Crippen LogP contribution in [-0.4, -0.2) is 23.6 Å². The minimum atomic E-state index is -0.407. The van der Waals surface area contributed by atoms with Crippen molar-refractivity contribution in [3.63, 3.8) is 0 Å². The predicted octanol–water partition coefficient (Wildman–Crippen LogP) is 4.10. The van der Waals surface area contributed by atoms with Crippen molar-refractivity contribution in [3.05, 3.63) is 69.8 Å². The molecule has 0 saturated carbocycles. The van der Waals surface area contributed by atoms with Gasteiger partial charge in [-0.3, -0.25) is 4.79 Å². The van der Waals surface area contributed by atoms with Gasteiger partial charge in [0.1, 0.15) is 5.69 Å². The molecule has 4 nitrogen and oxygen atoms in total. The molecular weight excluding hydrogens is 369 g/mol. The molecule has 1 aliphatic heterocycles. The highest BCUT2D eigenvalue weighted by Crippen LogP contribution is 2.33. The van der Waals surface area contributed by atoms with Crippen molar-refractivity contribution < 1.29 is 4.79 Å². The fourth-order valence-corrected chi connectivity index (χ4v) is 4.10. The molecule has 3 aromatic rings. The highest BCUT2D eigenvalue weighted by molar-refractivity contribution is 6.45. The van der Waals surface area contributed by atoms with Gasteiger partial charge < -0.3 is 15.2 Å². The molecule has 2 aromatic carbocycles. The zero-order valence-electron chi connectivity index (χ0n) is 14.4. The van der Waals surface area contributed by atoms with E-state index in [0.717, 1.165) is 29.4 Å². The maximum absolute atomic E-state index is 13.1. The number of carbonyl (C=O) groups excluding carboxylic acids is 1. The number of carbonyl (C=O) groups is 1. The second-order valence-corrected chi connectivity index (χ2v) is 7.50. The normalized spacial score (nSPS) is 19.8. The molecule has 0 radical (unpaired) electrons. The van der Waals surface area contributed by atoms with Gasteiger partial charge in [-0.05, 0) is 36.7 Å². The van der Waals surface area contributed by atoms with Gasteiger partial charge in [-0.25, -0.2) is 0 Å². The SMILES string of the molecule is Cn1c(C(=O)NC2(c3ccccc3)CCNC2)cc2c(Cl)c(Cl)ccc21. The lowest BCUT2D eigenvalue weighted by Gasteiger charge is -2.30. The number of nitrogens with one attached hydrogen (secondary N) is 2. The van der Waals surface area contributed by atoms with Gasteiger partial charge in [0.15, 0.2) is 0 Å². The molecule has 134 valence electrons. The van der Waals surface area contributed by atoms with Gasteiger partial charge in [0.05, 0.1) is 15.6 Å². The fourth-order valence-electron chi connectivity index (χ4n) is 3.72. The Balaban J connectivity index is 1.73. The van der Waals surface area contributed by atoms with Crippen LogP contribution in [0, 0.1) is 0 Å². The van der Waals surface area contributed by atoms with Gasteiger partial charge >= 0.3 is 0 Å².